The monoisotopic (exact) mass is 383 g/mol. The first kappa shape index (κ1) is 18.3. The van der Waals surface area contributed by atoms with Crippen molar-refractivity contribution in [3.63, 3.8) is 0 Å². The summed E-state index contributed by atoms with van der Waals surface area (Å²) in [5.41, 5.74) is 8.91. The van der Waals surface area contributed by atoms with E-state index in [2.05, 4.69) is 37.0 Å². The number of hydrogen-bond donors (Lipinski definition) is 3. The number of fused-ring (bicyclic) bond motifs is 1. The highest BCUT2D eigenvalue weighted by molar-refractivity contribution is 5.83. The lowest BCUT2D eigenvalue weighted by atomic mass is 9.99. The molecule has 4 rings (SSSR count). The molecule has 3 heterocycles. The van der Waals surface area contributed by atoms with Crippen LogP contribution in [0.2, 0.25) is 0 Å². The summed E-state index contributed by atoms with van der Waals surface area (Å²) in [5, 5.41) is 11.4. The van der Waals surface area contributed by atoms with Crippen LogP contribution in [-0.4, -0.2) is 65.8 Å². The molecule has 1 fully saturated rings. The maximum atomic E-state index is 10.9. The Morgan fingerprint density at radius 3 is 2.46 bits per heavy atom. The number of anilines is 4. The van der Waals surface area contributed by atoms with Gasteiger partial charge >= 0.3 is 6.09 Å². The summed E-state index contributed by atoms with van der Waals surface area (Å²) in [7, 11) is 2.12. The summed E-state index contributed by atoms with van der Waals surface area (Å²) in [6.07, 6.45) is -0.191. The summed E-state index contributed by atoms with van der Waals surface area (Å²) in [4.78, 5) is 26.5. The third-order valence-corrected chi connectivity index (χ3v) is 5.34. The highest BCUT2D eigenvalue weighted by Crippen LogP contribution is 2.28. The molecule has 0 bridgehead atoms. The Balaban J connectivity index is 1.56. The highest BCUT2D eigenvalue weighted by Gasteiger charge is 2.22. The van der Waals surface area contributed by atoms with Crippen molar-refractivity contribution in [1.82, 2.24) is 14.9 Å². The number of carbonyl (C=O) groups is 1. The summed E-state index contributed by atoms with van der Waals surface area (Å²) in [5.74, 6) is 1.95. The number of nitrogens with zero attached hydrogens (tertiary/aromatic N) is 5. The van der Waals surface area contributed by atoms with Crippen LogP contribution in [0.4, 0.5) is 28.1 Å². The second kappa shape index (κ2) is 7.51. The second-order valence-corrected chi connectivity index (χ2v) is 7.32. The van der Waals surface area contributed by atoms with Crippen molar-refractivity contribution in [1.29, 1.82) is 0 Å². The van der Waals surface area contributed by atoms with Gasteiger partial charge in [0.2, 0.25) is 5.95 Å². The zero-order valence-corrected chi connectivity index (χ0v) is 15.9. The van der Waals surface area contributed by atoms with E-state index in [4.69, 9.17) is 10.8 Å². The largest absolute Gasteiger partial charge is 0.465 e. The molecule has 0 aliphatic carbocycles. The predicted octanol–water partition coefficient (Wildman–Crippen LogP) is 1.46. The number of nitrogens with two attached hydrogens (primary N) is 1. The van der Waals surface area contributed by atoms with E-state index >= 15 is 0 Å². The van der Waals surface area contributed by atoms with E-state index in [-0.39, 0.29) is 5.95 Å². The molecule has 0 unspecified atom stereocenters. The van der Waals surface area contributed by atoms with Gasteiger partial charge in [-0.1, -0.05) is 6.07 Å². The van der Waals surface area contributed by atoms with Gasteiger partial charge in [-0.3, -0.25) is 5.32 Å². The van der Waals surface area contributed by atoms with Crippen LogP contribution in [0, 0.1) is 0 Å². The first-order valence-electron chi connectivity index (χ1n) is 9.43. The molecule has 9 heteroatoms. The van der Waals surface area contributed by atoms with Gasteiger partial charge in [-0.2, -0.15) is 9.97 Å². The Bertz CT molecular complexity index is 881. The normalized spacial score (nSPS) is 17.3. The number of piperazine rings is 1. The molecule has 0 spiro atoms. The molecule has 2 aromatic rings. The number of nitrogen functional groups attached to an aromatic ring is 1. The third kappa shape index (κ3) is 3.94. The van der Waals surface area contributed by atoms with Gasteiger partial charge in [0.15, 0.2) is 0 Å². The van der Waals surface area contributed by atoms with Gasteiger partial charge in [0.25, 0.3) is 0 Å². The topological polar surface area (TPSA) is 111 Å². The zero-order valence-electron chi connectivity index (χ0n) is 15.9. The molecule has 9 nitrogen and oxygen atoms in total. The number of amides is 1. The fourth-order valence-electron chi connectivity index (χ4n) is 3.75. The van der Waals surface area contributed by atoms with Gasteiger partial charge in [0, 0.05) is 51.0 Å². The molecular weight excluding hydrogens is 358 g/mol. The van der Waals surface area contributed by atoms with E-state index in [1.165, 1.54) is 5.56 Å². The van der Waals surface area contributed by atoms with Crippen molar-refractivity contribution >= 4 is 29.4 Å². The fraction of sp³-hybridized carbons (Fsp3) is 0.421. The molecule has 28 heavy (non-hydrogen) atoms. The molecule has 2 aliphatic heterocycles. The lowest BCUT2D eigenvalue weighted by Gasteiger charge is -2.34. The number of nitrogens with one attached hydrogen (secondary N) is 1. The Kier molecular flexibility index (Phi) is 4.91. The minimum Gasteiger partial charge on any atom is -0.465 e. The lowest BCUT2D eigenvalue weighted by molar-refractivity contribution is 0.209. The summed E-state index contributed by atoms with van der Waals surface area (Å²) >= 11 is 0. The Hall–Kier alpha value is -3.07. The lowest BCUT2D eigenvalue weighted by Crippen LogP contribution is -2.45. The number of carboxylic acid groups (broad SMARTS) is 1. The van der Waals surface area contributed by atoms with E-state index in [1.807, 2.05) is 18.2 Å². The van der Waals surface area contributed by atoms with Crippen molar-refractivity contribution in [3.8, 4) is 0 Å². The van der Waals surface area contributed by atoms with Gasteiger partial charge in [-0.05, 0) is 36.7 Å². The smallest absolute Gasteiger partial charge is 0.409 e. The van der Waals surface area contributed by atoms with Gasteiger partial charge < -0.3 is 25.5 Å². The highest BCUT2D eigenvalue weighted by atomic mass is 16.4. The molecule has 0 radical (unpaired) electrons. The van der Waals surface area contributed by atoms with Crippen LogP contribution >= 0.6 is 0 Å². The molecule has 1 aromatic heterocycles. The standard InChI is InChI=1S/C19H25N7O2/c1-24-6-8-25(9-7-24)16-11-17(23-18(20)22-16)26-5-4-13-2-3-15(21-19(27)28)10-14(13)12-26/h2-3,10-11,21H,4-9,12H2,1H3,(H,27,28)(H2,20,22,23). The van der Waals surface area contributed by atoms with Crippen LogP contribution < -0.4 is 20.9 Å². The van der Waals surface area contributed by atoms with E-state index < -0.39 is 6.09 Å². The molecule has 4 N–H and O–H groups in total. The van der Waals surface area contributed by atoms with Gasteiger partial charge in [0.05, 0.1) is 0 Å². The first-order chi connectivity index (χ1) is 13.5. The molecule has 2 aliphatic rings. The van der Waals surface area contributed by atoms with Crippen LogP contribution in [-0.2, 0) is 13.0 Å². The molecular formula is C19H25N7O2. The van der Waals surface area contributed by atoms with E-state index in [9.17, 15) is 4.79 Å². The SMILES string of the molecule is CN1CCN(c2cc(N3CCc4ccc(NC(=O)O)cc4C3)nc(N)n2)CC1. The maximum Gasteiger partial charge on any atom is 0.409 e. The van der Waals surface area contributed by atoms with E-state index in [0.29, 0.717) is 12.2 Å². The molecule has 1 saturated heterocycles. The van der Waals surface area contributed by atoms with Gasteiger partial charge in [-0.25, -0.2) is 4.79 Å². The Morgan fingerprint density at radius 1 is 1.04 bits per heavy atom. The summed E-state index contributed by atoms with van der Waals surface area (Å²) in [6.45, 7) is 5.31. The fourth-order valence-corrected chi connectivity index (χ4v) is 3.75. The average molecular weight is 383 g/mol. The van der Waals surface area contributed by atoms with E-state index in [1.54, 1.807) is 6.07 Å². The van der Waals surface area contributed by atoms with Gasteiger partial charge in [-0.15, -0.1) is 0 Å². The average Bonchev–Trinajstić information content (AvgIpc) is 2.67. The minimum atomic E-state index is -1.06. The van der Waals surface area contributed by atoms with Crippen molar-refractivity contribution in [2.75, 3.05) is 60.6 Å². The summed E-state index contributed by atoms with van der Waals surface area (Å²) in [6, 6.07) is 7.69. The Morgan fingerprint density at radius 2 is 1.75 bits per heavy atom. The number of benzene rings is 1. The molecule has 1 aromatic carbocycles. The number of hydrogen-bond acceptors (Lipinski definition) is 7. The maximum absolute atomic E-state index is 10.9. The van der Waals surface area contributed by atoms with E-state index in [0.717, 1.165) is 56.3 Å². The first-order valence-corrected chi connectivity index (χ1v) is 9.43. The van der Waals surface area contributed by atoms with Gasteiger partial charge in [0.1, 0.15) is 11.6 Å². The number of rotatable bonds is 3. The summed E-state index contributed by atoms with van der Waals surface area (Å²) < 4.78 is 0. The number of likely N-dealkylation sites (N-methyl/N-ethyl adjacent to an activating group) is 1. The predicted molar refractivity (Wildman–Crippen MR) is 109 cm³/mol. The van der Waals surface area contributed by atoms with Crippen molar-refractivity contribution in [2.45, 2.75) is 13.0 Å². The van der Waals surface area contributed by atoms with Crippen LogP contribution in [0.15, 0.2) is 24.3 Å². The molecule has 1 amide bonds. The van der Waals surface area contributed by atoms with Crippen LogP contribution in [0.3, 0.4) is 0 Å². The third-order valence-electron chi connectivity index (χ3n) is 5.34. The van der Waals surface area contributed by atoms with Crippen LogP contribution in [0.25, 0.3) is 0 Å². The van der Waals surface area contributed by atoms with Crippen LogP contribution in [0.5, 0.6) is 0 Å². The quantitative estimate of drug-likeness (QED) is 0.731. The van der Waals surface area contributed by atoms with Crippen molar-refractivity contribution < 1.29 is 9.90 Å². The Labute approximate surface area is 163 Å². The van der Waals surface area contributed by atoms with Crippen molar-refractivity contribution in [2.24, 2.45) is 0 Å². The second-order valence-electron chi connectivity index (χ2n) is 7.32. The zero-order chi connectivity index (χ0) is 19.7. The van der Waals surface area contributed by atoms with Crippen LogP contribution in [0.1, 0.15) is 11.1 Å². The number of aromatic nitrogens is 2. The molecule has 0 atom stereocenters. The molecule has 148 valence electrons. The molecule has 0 saturated carbocycles. The minimum absolute atomic E-state index is 0.276. The van der Waals surface area contributed by atoms with Crippen molar-refractivity contribution in [3.05, 3.63) is 35.4 Å².